The molecule has 0 amide bonds. The zero-order chi connectivity index (χ0) is 13.8. The molecule has 0 radical (unpaired) electrons. The molecule has 1 aromatic carbocycles. The first-order chi connectivity index (χ1) is 9.13. The van der Waals surface area contributed by atoms with E-state index in [2.05, 4.69) is 10.2 Å². The number of nitrogens with zero attached hydrogens (tertiary/aromatic N) is 1. The summed E-state index contributed by atoms with van der Waals surface area (Å²) in [4.78, 5) is 2.30. The van der Waals surface area contributed by atoms with Crippen LogP contribution < -0.4 is 5.32 Å². The number of phenols is 1. The van der Waals surface area contributed by atoms with Gasteiger partial charge in [-0.1, -0.05) is 23.2 Å². The van der Waals surface area contributed by atoms with Crippen molar-refractivity contribution >= 4 is 23.2 Å². The van der Waals surface area contributed by atoms with Gasteiger partial charge in [-0.25, -0.2) is 0 Å². The molecule has 6 heteroatoms. The Morgan fingerprint density at radius 3 is 2.32 bits per heavy atom. The number of nitrogens with one attached hydrogen (secondary N) is 1. The van der Waals surface area contributed by atoms with E-state index in [9.17, 15) is 10.2 Å². The molecular formula is C13H18Cl2N2O2. The molecule has 1 aliphatic heterocycles. The molecule has 3 N–H and O–H groups in total. The van der Waals surface area contributed by atoms with E-state index in [-0.39, 0.29) is 28.4 Å². The lowest BCUT2D eigenvalue weighted by molar-refractivity contribution is 0.141. The van der Waals surface area contributed by atoms with E-state index in [1.165, 1.54) is 0 Å². The topological polar surface area (TPSA) is 55.7 Å². The number of rotatable bonds is 4. The Bertz CT molecular complexity index is 414. The van der Waals surface area contributed by atoms with Crippen LogP contribution in [-0.2, 0) is 0 Å². The highest BCUT2D eigenvalue weighted by atomic mass is 35.5. The van der Waals surface area contributed by atoms with Crippen LogP contribution in [0.15, 0.2) is 12.1 Å². The summed E-state index contributed by atoms with van der Waals surface area (Å²) in [7, 11) is 0. The van der Waals surface area contributed by atoms with Crippen LogP contribution in [0.1, 0.15) is 18.0 Å². The predicted octanol–water partition coefficient (Wildman–Crippen LogP) is 2.03. The van der Waals surface area contributed by atoms with E-state index < -0.39 is 0 Å². The fraction of sp³-hybridized carbons (Fsp3) is 0.538. The molecular weight excluding hydrogens is 287 g/mol. The number of benzene rings is 1. The Labute approximate surface area is 122 Å². The summed E-state index contributed by atoms with van der Waals surface area (Å²) in [5.41, 5.74) is 0.934. The molecule has 0 aliphatic carbocycles. The van der Waals surface area contributed by atoms with Crippen molar-refractivity contribution in [2.45, 2.75) is 12.5 Å². The molecule has 0 bridgehead atoms. The zero-order valence-corrected chi connectivity index (χ0v) is 12.1. The lowest BCUT2D eigenvalue weighted by atomic mass is 10.0. The maximum Gasteiger partial charge on any atom is 0.152 e. The molecule has 1 saturated heterocycles. The summed E-state index contributed by atoms with van der Waals surface area (Å²) < 4.78 is 0. The van der Waals surface area contributed by atoms with Crippen molar-refractivity contribution in [3.63, 3.8) is 0 Å². The SMILES string of the molecule is OCC[C@H](c1cc(Cl)c(O)c(Cl)c1)N1CCNCC1. The normalized spacial score (nSPS) is 18.5. The number of aliphatic hydroxyl groups excluding tert-OH is 1. The number of aromatic hydroxyl groups is 1. The second kappa shape index (κ2) is 6.77. The fourth-order valence-electron chi connectivity index (χ4n) is 2.45. The molecule has 0 unspecified atom stereocenters. The van der Waals surface area contributed by atoms with E-state index in [0.29, 0.717) is 6.42 Å². The molecule has 2 rings (SSSR count). The van der Waals surface area contributed by atoms with E-state index in [1.54, 1.807) is 12.1 Å². The van der Waals surface area contributed by atoms with E-state index in [1.807, 2.05) is 0 Å². The van der Waals surface area contributed by atoms with Crippen LogP contribution in [0, 0.1) is 0 Å². The van der Waals surface area contributed by atoms with Gasteiger partial charge in [0.1, 0.15) is 0 Å². The third kappa shape index (κ3) is 3.52. The van der Waals surface area contributed by atoms with Gasteiger partial charge in [-0.15, -0.1) is 0 Å². The Balaban J connectivity index is 2.27. The Kier molecular flexibility index (Phi) is 5.30. The van der Waals surface area contributed by atoms with Gasteiger partial charge in [-0.05, 0) is 24.1 Å². The third-order valence-electron chi connectivity index (χ3n) is 3.42. The number of halogens is 2. The van der Waals surface area contributed by atoms with Gasteiger partial charge in [0.25, 0.3) is 0 Å². The average Bonchev–Trinajstić information content (AvgIpc) is 2.42. The van der Waals surface area contributed by atoms with Crippen LogP contribution in [0.3, 0.4) is 0 Å². The molecule has 0 spiro atoms. The number of hydrogen-bond donors (Lipinski definition) is 3. The number of aliphatic hydroxyl groups is 1. The van der Waals surface area contributed by atoms with E-state index >= 15 is 0 Å². The minimum Gasteiger partial charge on any atom is -0.505 e. The minimum absolute atomic E-state index is 0.0719. The van der Waals surface area contributed by atoms with Gasteiger partial charge in [-0.3, -0.25) is 4.90 Å². The molecule has 1 atom stereocenters. The molecule has 1 fully saturated rings. The van der Waals surface area contributed by atoms with Gasteiger partial charge in [-0.2, -0.15) is 0 Å². The quantitative estimate of drug-likeness (QED) is 0.797. The van der Waals surface area contributed by atoms with Gasteiger partial charge >= 0.3 is 0 Å². The number of hydrogen-bond acceptors (Lipinski definition) is 4. The molecule has 4 nitrogen and oxygen atoms in total. The van der Waals surface area contributed by atoms with Gasteiger partial charge in [0.2, 0.25) is 0 Å². The van der Waals surface area contributed by atoms with Crippen LogP contribution in [-0.4, -0.2) is 47.9 Å². The van der Waals surface area contributed by atoms with Crippen molar-refractivity contribution < 1.29 is 10.2 Å². The summed E-state index contributed by atoms with van der Waals surface area (Å²) in [5.74, 6) is -0.0878. The maximum atomic E-state index is 9.62. The molecule has 0 aromatic heterocycles. The average molecular weight is 305 g/mol. The van der Waals surface area contributed by atoms with Crippen LogP contribution in [0.5, 0.6) is 5.75 Å². The number of phenolic OH excluding ortho intramolecular Hbond substituents is 1. The van der Waals surface area contributed by atoms with Crippen molar-refractivity contribution in [2.75, 3.05) is 32.8 Å². The zero-order valence-electron chi connectivity index (χ0n) is 10.6. The lowest BCUT2D eigenvalue weighted by Crippen LogP contribution is -2.45. The predicted molar refractivity (Wildman–Crippen MR) is 77.0 cm³/mol. The van der Waals surface area contributed by atoms with Crippen molar-refractivity contribution in [3.05, 3.63) is 27.7 Å². The molecule has 1 heterocycles. The highest BCUT2D eigenvalue weighted by Gasteiger charge is 2.23. The molecule has 0 saturated carbocycles. The minimum atomic E-state index is -0.0878. The van der Waals surface area contributed by atoms with Gasteiger partial charge in [0.05, 0.1) is 10.0 Å². The monoisotopic (exact) mass is 304 g/mol. The third-order valence-corrected chi connectivity index (χ3v) is 4.00. The Morgan fingerprint density at radius 1 is 1.21 bits per heavy atom. The van der Waals surface area contributed by atoms with Crippen LogP contribution in [0.4, 0.5) is 0 Å². The summed E-state index contributed by atoms with van der Waals surface area (Å²) in [6, 6.07) is 3.53. The maximum absolute atomic E-state index is 9.62. The standard InChI is InChI=1S/C13H18Cl2N2O2/c14-10-7-9(8-11(15)13(10)19)12(1-6-18)17-4-2-16-3-5-17/h7-8,12,16,18-19H,1-6H2/t12-/m1/s1. The Hall–Kier alpha value is -0.520. The van der Waals surface area contributed by atoms with Crippen LogP contribution >= 0.6 is 23.2 Å². The lowest BCUT2D eigenvalue weighted by Gasteiger charge is -2.35. The summed E-state index contributed by atoms with van der Waals surface area (Å²) in [5, 5.41) is 22.7. The molecule has 19 heavy (non-hydrogen) atoms. The molecule has 106 valence electrons. The highest BCUT2D eigenvalue weighted by molar-refractivity contribution is 6.37. The highest BCUT2D eigenvalue weighted by Crippen LogP contribution is 2.36. The smallest absolute Gasteiger partial charge is 0.152 e. The van der Waals surface area contributed by atoms with Crippen LogP contribution in [0.2, 0.25) is 10.0 Å². The van der Waals surface area contributed by atoms with E-state index in [0.717, 1.165) is 31.7 Å². The second-order valence-corrected chi connectivity index (χ2v) is 5.46. The van der Waals surface area contributed by atoms with Gasteiger partial charge < -0.3 is 15.5 Å². The largest absolute Gasteiger partial charge is 0.505 e. The van der Waals surface area contributed by atoms with E-state index in [4.69, 9.17) is 23.2 Å². The van der Waals surface area contributed by atoms with Gasteiger partial charge in [0.15, 0.2) is 5.75 Å². The fourth-order valence-corrected chi connectivity index (χ4v) is 2.96. The van der Waals surface area contributed by atoms with Crippen LogP contribution in [0.25, 0.3) is 0 Å². The van der Waals surface area contributed by atoms with Crippen molar-refractivity contribution in [1.29, 1.82) is 0 Å². The molecule has 1 aromatic rings. The summed E-state index contributed by atoms with van der Waals surface area (Å²) in [6.45, 7) is 3.80. The summed E-state index contributed by atoms with van der Waals surface area (Å²) in [6.07, 6.45) is 0.622. The van der Waals surface area contributed by atoms with Crippen molar-refractivity contribution in [1.82, 2.24) is 10.2 Å². The first-order valence-electron chi connectivity index (χ1n) is 6.37. The van der Waals surface area contributed by atoms with Crippen molar-refractivity contribution in [3.8, 4) is 5.75 Å². The van der Waals surface area contributed by atoms with Crippen molar-refractivity contribution in [2.24, 2.45) is 0 Å². The number of piperazine rings is 1. The molecule has 1 aliphatic rings. The summed E-state index contributed by atoms with van der Waals surface area (Å²) >= 11 is 11.9. The second-order valence-electron chi connectivity index (χ2n) is 4.65. The first-order valence-corrected chi connectivity index (χ1v) is 7.12. The Morgan fingerprint density at radius 2 is 1.79 bits per heavy atom. The first kappa shape index (κ1) is 14.9. The van der Waals surface area contributed by atoms with Gasteiger partial charge in [0, 0.05) is 38.8 Å².